The standard InChI is InChI=1S/C11H6F3N3S/c12-11(13,14)9-5-7(16-17-9)10-15-6-3-1-2-4-8(6)18-10/h1-5H,(H,16,17). The minimum atomic E-state index is -4.44. The Morgan fingerprint density at radius 1 is 1.17 bits per heavy atom. The Balaban J connectivity index is 2.06. The fraction of sp³-hybridized carbons (Fsp3) is 0.0909. The van der Waals surface area contributed by atoms with Crippen LogP contribution in [-0.4, -0.2) is 15.2 Å². The number of aromatic amines is 1. The SMILES string of the molecule is FC(F)(F)c1cc(-c2nc3ccccc3s2)[nH]n1. The van der Waals surface area contributed by atoms with Crippen LogP contribution in [0.1, 0.15) is 5.69 Å². The van der Waals surface area contributed by atoms with Crippen molar-refractivity contribution >= 4 is 21.6 Å². The number of H-pyrrole nitrogens is 1. The number of nitrogens with zero attached hydrogens (tertiary/aromatic N) is 2. The fourth-order valence-electron chi connectivity index (χ4n) is 1.56. The van der Waals surface area contributed by atoms with Gasteiger partial charge in [-0.15, -0.1) is 11.3 Å². The first-order chi connectivity index (χ1) is 8.54. The molecule has 3 nitrogen and oxygen atoms in total. The van der Waals surface area contributed by atoms with Crippen molar-refractivity contribution in [1.29, 1.82) is 0 Å². The molecule has 0 saturated carbocycles. The zero-order valence-electron chi connectivity index (χ0n) is 8.82. The van der Waals surface area contributed by atoms with Crippen LogP contribution in [0.15, 0.2) is 30.3 Å². The van der Waals surface area contributed by atoms with Gasteiger partial charge in [-0.1, -0.05) is 12.1 Å². The number of fused-ring (bicyclic) bond motifs is 1. The summed E-state index contributed by atoms with van der Waals surface area (Å²) >= 11 is 1.32. The summed E-state index contributed by atoms with van der Waals surface area (Å²) in [4.78, 5) is 4.26. The minimum Gasteiger partial charge on any atom is -0.275 e. The summed E-state index contributed by atoms with van der Waals surface area (Å²) in [6.07, 6.45) is -4.44. The number of thiazole rings is 1. The summed E-state index contributed by atoms with van der Waals surface area (Å²) in [7, 11) is 0. The molecule has 0 bridgehead atoms. The Hall–Kier alpha value is -1.89. The van der Waals surface area contributed by atoms with Gasteiger partial charge in [-0.05, 0) is 18.2 Å². The molecule has 2 aromatic heterocycles. The lowest BCUT2D eigenvalue weighted by molar-refractivity contribution is -0.141. The van der Waals surface area contributed by atoms with Gasteiger partial charge >= 0.3 is 6.18 Å². The van der Waals surface area contributed by atoms with Crippen LogP contribution in [0.2, 0.25) is 0 Å². The van der Waals surface area contributed by atoms with Gasteiger partial charge in [0.25, 0.3) is 0 Å². The number of halogens is 3. The van der Waals surface area contributed by atoms with Crippen LogP contribution in [0, 0.1) is 0 Å². The van der Waals surface area contributed by atoms with Gasteiger partial charge in [-0.25, -0.2) is 4.98 Å². The van der Waals surface area contributed by atoms with Crippen molar-refractivity contribution in [1.82, 2.24) is 15.2 Å². The number of hydrogen-bond acceptors (Lipinski definition) is 3. The molecule has 0 fully saturated rings. The highest BCUT2D eigenvalue weighted by atomic mass is 32.1. The summed E-state index contributed by atoms with van der Waals surface area (Å²) in [5.74, 6) is 0. The van der Waals surface area contributed by atoms with Crippen LogP contribution in [0.4, 0.5) is 13.2 Å². The first kappa shape index (κ1) is 11.2. The third kappa shape index (κ3) is 1.86. The summed E-state index contributed by atoms with van der Waals surface area (Å²) in [5.41, 5.74) is 0.112. The van der Waals surface area contributed by atoms with Crippen LogP contribution in [0.3, 0.4) is 0 Å². The van der Waals surface area contributed by atoms with E-state index in [2.05, 4.69) is 15.2 Å². The van der Waals surface area contributed by atoms with Crippen LogP contribution in [0.25, 0.3) is 20.9 Å². The molecule has 0 unspecified atom stereocenters. The smallest absolute Gasteiger partial charge is 0.275 e. The van der Waals surface area contributed by atoms with E-state index in [1.165, 1.54) is 11.3 Å². The second-order valence-corrected chi connectivity index (χ2v) is 4.68. The first-order valence-corrected chi connectivity index (χ1v) is 5.84. The van der Waals surface area contributed by atoms with Crippen molar-refractivity contribution in [2.24, 2.45) is 0 Å². The predicted octanol–water partition coefficient (Wildman–Crippen LogP) is 3.71. The lowest BCUT2D eigenvalue weighted by Crippen LogP contribution is -2.04. The lowest BCUT2D eigenvalue weighted by Gasteiger charge is -1.98. The van der Waals surface area contributed by atoms with E-state index < -0.39 is 11.9 Å². The Kier molecular flexibility index (Phi) is 2.37. The van der Waals surface area contributed by atoms with Crippen molar-refractivity contribution < 1.29 is 13.2 Å². The maximum absolute atomic E-state index is 12.4. The third-order valence-corrected chi connectivity index (χ3v) is 3.46. The number of para-hydroxylation sites is 1. The largest absolute Gasteiger partial charge is 0.435 e. The molecule has 18 heavy (non-hydrogen) atoms. The lowest BCUT2D eigenvalue weighted by atomic mass is 10.3. The summed E-state index contributed by atoms with van der Waals surface area (Å²) in [6.45, 7) is 0. The molecule has 0 aliphatic heterocycles. The van der Waals surface area contributed by atoms with Gasteiger partial charge in [0.1, 0.15) is 5.01 Å². The molecule has 7 heteroatoms. The molecule has 2 heterocycles. The number of aromatic nitrogens is 3. The van der Waals surface area contributed by atoms with Crippen molar-refractivity contribution in [3.05, 3.63) is 36.0 Å². The van der Waals surface area contributed by atoms with E-state index >= 15 is 0 Å². The second-order valence-electron chi connectivity index (χ2n) is 3.65. The van der Waals surface area contributed by atoms with E-state index in [0.29, 0.717) is 5.01 Å². The Morgan fingerprint density at radius 2 is 1.94 bits per heavy atom. The molecule has 0 aliphatic carbocycles. The van der Waals surface area contributed by atoms with Gasteiger partial charge < -0.3 is 0 Å². The number of nitrogens with one attached hydrogen (secondary N) is 1. The molecule has 0 amide bonds. The second kappa shape index (κ2) is 3.81. The van der Waals surface area contributed by atoms with Gasteiger partial charge in [0.15, 0.2) is 5.69 Å². The summed E-state index contributed by atoms with van der Waals surface area (Å²) in [6, 6.07) is 8.35. The number of benzene rings is 1. The number of hydrogen-bond donors (Lipinski definition) is 1. The molecule has 0 spiro atoms. The summed E-state index contributed by atoms with van der Waals surface area (Å²) < 4.78 is 38.2. The molecule has 0 saturated heterocycles. The molecular weight excluding hydrogens is 263 g/mol. The maximum Gasteiger partial charge on any atom is 0.435 e. The van der Waals surface area contributed by atoms with Crippen LogP contribution in [-0.2, 0) is 6.18 Å². The molecular formula is C11H6F3N3S. The molecule has 1 N–H and O–H groups in total. The molecule has 0 radical (unpaired) electrons. The van der Waals surface area contributed by atoms with Crippen molar-refractivity contribution in [3.63, 3.8) is 0 Å². The zero-order valence-corrected chi connectivity index (χ0v) is 9.64. The van der Waals surface area contributed by atoms with E-state index in [4.69, 9.17) is 0 Å². The van der Waals surface area contributed by atoms with Gasteiger partial charge in [0, 0.05) is 0 Å². The van der Waals surface area contributed by atoms with Gasteiger partial charge in [-0.3, -0.25) is 5.10 Å². The quantitative estimate of drug-likeness (QED) is 0.731. The van der Waals surface area contributed by atoms with Crippen molar-refractivity contribution in [2.75, 3.05) is 0 Å². The molecule has 0 atom stereocenters. The van der Waals surface area contributed by atoms with Crippen LogP contribution >= 0.6 is 11.3 Å². The Morgan fingerprint density at radius 3 is 2.61 bits per heavy atom. The predicted molar refractivity (Wildman–Crippen MR) is 62.2 cm³/mol. The first-order valence-electron chi connectivity index (χ1n) is 5.02. The molecule has 1 aromatic carbocycles. The maximum atomic E-state index is 12.4. The number of alkyl halides is 3. The average Bonchev–Trinajstić information content (AvgIpc) is 2.94. The van der Waals surface area contributed by atoms with Crippen LogP contribution in [0.5, 0.6) is 0 Å². The van der Waals surface area contributed by atoms with Crippen molar-refractivity contribution in [3.8, 4) is 10.7 Å². The van der Waals surface area contributed by atoms with Crippen LogP contribution < -0.4 is 0 Å². The highest BCUT2D eigenvalue weighted by molar-refractivity contribution is 7.21. The van der Waals surface area contributed by atoms with Gasteiger partial charge in [0.05, 0.1) is 15.9 Å². The number of rotatable bonds is 1. The normalized spacial score (nSPS) is 12.2. The van der Waals surface area contributed by atoms with E-state index in [1.807, 2.05) is 24.3 Å². The van der Waals surface area contributed by atoms with Crippen molar-refractivity contribution in [2.45, 2.75) is 6.18 Å². The molecule has 3 rings (SSSR count). The third-order valence-electron chi connectivity index (χ3n) is 2.39. The summed E-state index contributed by atoms with van der Waals surface area (Å²) in [5, 5.41) is 6.12. The molecule has 3 aromatic rings. The van der Waals surface area contributed by atoms with Gasteiger partial charge in [-0.2, -0.15) is 18.3 Å². The molecule has 92 valence electrons. The highest BCUT2D eigenvalue weighted by Gasteiger charge is 2.34. The monoisotopic (exact) mass is 269 g/mol. The van der Waals surface area contributed by atoms with Gasteiger partial charge in [0.2, 0.25) is 0 Å². The zero-order chi connectivity index (χ0) is 12.8. The van der Waals surface area contributed by atoms with E-state index in [1.54, 1.807) is 0 Å². The topological polar surface area (TPSA) is 41.6 Å². The Bertz CT molecular complexity index is 666. The van der Waals surface area contributed by atoms with E-state index in [9.17, 15) is 13.2 Å². The molecule has 0 aliphatic rings. The minimum absolute atomic E-state index is 0.281. The highest BCUT2D eigenvalue weighted by Crippen LogP contribution is 2.33. The Labute approximate surface area is 103 Å². The average molecular weight is 269 g/mol. The van der Waals surface area contributed by atoms with E-state index in [-0.39, 0.29) is 5.69 Å². The van der Waals surface area contributed by atoms with E-state index in [0.717, 1.165) is 16.3 Å². The fourth-order valence-corrected chi connectivity index (χ4v) is 2.50.